The van der Waals surface area contributed by atoms with E-state index in [0.717, 1.165) is 73.1 Å². The van der Waals surface area contributed by atoms with Crippen molar-refractivity contribution in [3.05, 3.63) is 52.4 Å². The number of alkyl halides is 3. The number of halogens is 3. The van der Waals surface area contributed by atoms with Crippen LogP contribution in [0, 0.1) is 13.8 Å². The minimum absolute atomic E-state index is 0.242. The highest BCUT2D eigenvalue weighted by molar-refractivity contribution is 5.80. The van der Waals surface area contributed by atoms with Gasteiger partial charge in [0.15, 0.2) is 5.96 Å². The summed E-state index contributed by atoms with van der Waals surface area (Å²) in [4.78, 5) is 6.92. The van der Waals surface area contributed by atoms with Gasteiger partial charge in [0.1, 0.15) is 5.76 Å². The number of nitrogens with one attached hydrogen (secondary N) is 2. The van der Waals surface area contributed by atoms with E-state index in [1.54, 1.807) is 12.1 Å². The first-order chi connectivity index (χ1) is 14.8. The lowest BCUT2D eigenvalue weighted by Crippen LogP contribution is -2.44. The van der Waals surface area contributed by atoms with Crippen molar-refractivity contribution in [2.24, 2.45) is 4.99 Å². The van der Waals surface area contributed by atoms with Gasteiger partial charge in [-0.15, -0.1) is 0 Å². The van der Waals surface area contributed by atoms with Crippen LogP contribution < -0.4 is 10.6 Å². The summed E-state index contributed by atoms with van der Waals surface area (Å²) in [6.45, 7) is 9.59. The summed E-state index contributed by atoms with van der Waals surface area (Å²) >= 11 is 0. The Balaban J connectivity index is 1.50. The summed E-state index contributed by atoms with van der Waals surface area (Å²) in [7, 11) is 0. The Morgan fingerprint density at radius 3 is 2.61 bits per heavy atom. The number of benzene rings is 1. The van der Waals surface area contributed by atoms with E-state index in [1.807, 2.05) is 20.8 Å². The number of hydrogen-bond donors (Lipinski definition) is 2. The molecule has 31 heavy (non-hydrogen) atoms. The molecule has 0 saturated carbocycles. The smallest absolute Gasteiger partial charge is 0.361 e. The number of aromatic nitrogens is 1. The first kappa shape index (κ1) is 23.1. The fourth-order valence-corrected chi connectivity index (χ4v) is 3.80. The van der Waals surface area contributed by atoms with Crippen molar-refractivity contribution in [3.8, 4) is 0 Å². The number of nitrogens with zero attached hydrogens (tertiary/aromatic N) is 3. The zero-order valence-corrected chi connectivity index (χ0v) is 18.2. The largest absolute Gasteiger partial charge is 0.416 e. The van der Waals surface area contributed by atoms with E-state index in [1.165, 1.54) is 0 Å². The monoisotopic (exact) mass is 437 g/mol. The van der Waals surface area contributed by atoms with Gasteiger partial charge in [-0.05, 0) is 51.3 Å². The molecule has 1 aromatic carbocycles. The molecule has 0 aliphatic carbocycles. The lowest BCUT2D eigenvalue weighted by Gasteiger charge is -2.19. The molecule has 0 spiro atoms. The molecule has 2 aromatic rings. The zero-order valence-electron chi connectivity index (χ0n) is 18.2. The molecule has 1 saturated heterocycles. The molecule has 3 rings (SSSR count). The quantitative estimate of drug-likeness (QED) is 0.511. The molecule has 1 aromatic heterocycles. The minimum atomic E-state index is -4.30. The second-order valence-corrected chi connectivity index (χ2v) is 7.87. The molecule has 9 heteroatoms. The maximum Gasteiger partial charge on any atom is 0.416 e. The Hall–Kier alpha value is -2.55. The van der Waals surface area contributed by atoms with Crippen LogP contribution in [0.15, 0.2) is 33.8 Å². The number of aliphatic imine (C=N–C) groups is 1. The van der Waals surface area contributed by atoms with Gasteiger partial charge in [-0.2, -0.15) is 13.2 Å². The predicted octanol–water partition coefficient (Wildman–Crippen LogP) is 3.68. The van der Waals surface area contributed by atoms with Crippen molar-refractivity contribution in [1.82, 2.24) is 20.7 Å². The van der Waals surface area contributed by atoms with Crippen LogP contribution in [0.3, 0.4) is 0 Å². The Labute approximate surface area is 180 Å². The SMILES string of the molecule is CCNC(=NCCc1c(C)noc1C)NC1CCN(Cc2ccc(C(F)(F)F)cc2)C1. The third kappa shape index (κ3) is 6.46. The molecule has 1 atom stereocenters. The van der Waals surface area contributed by atoms with Crippen molar-refractivity contribution in [2.45, 2.75) is 52.4 Å². The zero-order chi connectivity index (χ0) is 22.4. The number of likely N-dealkylation sites (tertiary alicyclic amines) is 1. The second-order valence-electron chi connectivity index (χ2n) is 7.87. The van der Waals surface area contributed by atoms with Gasteiger partial charge < -0.3 is 15.2 Å². The Kier molecular flexibility index (Phi) is 7.59. The highest BCUT2D eigenvalue weighted by atomic mass is 19.4. The maximum absolute atomic E-state index is 12.7. The molecule has 1 fully saturated rings. The predicted molar refractivity (Wildman–Crippen MR) is 114 cm³/mol. The Morgan fingerprint density at radius 2 is 2.00 bits per heavy atom. The Morgan fingerprint density at radius 1 is 1.26 bits per heavy atom. The first-order valence-corrected chi connectivity index (χ1v) is 10.6. The molecule has 2 heterocycles. The van der Waals surface area contributed by atoms with E-state index in [4.69, 9.17) is 4.52 Å². The average Bonchev–Trinajstić information content (AvgIpc) is 3.28. The maximum atomic E-state index is 12.7. The summed E-state index contributed by atoms with van der Waals surface area (Å²) in [6.07, 6.45) is -2.58. The third-order valence-electron chi connectivity index (χ3n) is 5.46. The van der Waals surface area contributed by atoms with Gasteiger partial charge in [0.25, 0.3) is 0 Å². The average molecular weight is 438 g/mol. The highest BCUT2D eigenvalue weighted by Gasteiger charge is 2.30. The normalized spacial score (nSPS) is 17.9. The fraction of sp³-hybridized carbons (Fsp3) is 0.545. The number of hydrogen-bond acceptors (Lipinski definition) is 4. The Bertz CT molecular complexity index is 857. The van der Waals surface area contributed by atoms with Crippen molar-refractivity contribution < 1.29 is 17.7 Å². The van der Waals surface area contributed by atoms with Crippen LogP contribution in [0.5, 0.6) is 0 Å². The molecular weight excluding hydrogens is 407 g/mol. The van der Waals surface area contributed by atoms with Crippen LogP contribution in [-0.4, -0.2) is 48.2 Å². The molecule has 1 aliphatic rings. The number of rotatable bonds is 7. The van der Waals surface area contributed by atoms with Gasteiger partial charge in [0.05, 0.1) is 11.3 Å². The summed E-state index contributed by atoms with van der Waals surface area (Å²) in [6, 6.07) is 5.66. The van der Waals surface area contributed by atoms with Crippen LogP contribution in [0.1, 0.15) is 41.5 Å². The van der Waals surface area contributed by atoms with Gasteiger partial charge in [-0.3, -0.25) is 9.89 Å². The van der Waals surface area contributed by atoms with Gasteiger partial charge >= 0.3 is 6.18 Å². The van der Waals surface area contributed by atoms with Crippen molar-refractivity contribution >= 4 is 5.96 Å². The van der Waals surface area contributed by atoms with Crippen LogP contribution in [-0.2, 0) is 19.1 Å². The summed E-state index contributed by atoms with van der Waals surface area (Å²) < 4.78 is 43.4. The number of aryl methyl sites for hydroxylation is 2. The van der Waals surface area contributed by atoms with Crippen molar-refractivity contribution in [2.75, 3.05) is 26.2 Å². The van der Waals surface area contributed by atoms with Crippen LogP contribution in [0.25, 0.3) is 0 Å². The standard InChI is InChI=1S/C22H30F3N5O/c1-4-26-21(27-11-9-20-15(2)29-31-16(20)3)28-19-10-12-30(14-19)13-17-5-7-18(8-6-17)22(23,24)25/h5-8,19H,4,9-14H2,1-3H3,(H2,26,27,28). The van der Waals surface area contributed by atoms with E-state index in [0.29, 0.717) is 13.1 Å². The lowest BCUT2D eigenvalue weighted by atomic mass is 10.1. The van der Waals surface area contributed by atoms with Gasteiger partial charge in [-0.25, -0.2) is 0 Å². The molecule has 2 N–H and O–H groups in total. The van der Waals surface area contributed by atoms with Gasteiger partial charge in [0, 0.05) is 44.3 Å². The van der Waals surface area contributed by atoms with Crippen LogP contribution >= 0.6 is 0 Å². The molecule has 1 unspecified atom stereocenters. The van der Waals surface area contributed by atoms with Gasteiger partial charge in [-0.1, -0.05) is 17.3 Å². The molecule has 0 radical (unpaired) electrons. The van der Waals surface area contributed by atoms with Crippen molar-refractivity contribution in [1.29, 1.82) is 0 Å². The summed E-state index contributed by atoms with van der Waals surface area (Å²) in [5, 5.41) is 10.7. The minimum Gasteiger partial charge on any atom is -0.361 e. The van der Waals surface area contributed by atoms with E-state index in [9.17, 15) is 13.2 Å². The van der Waals surface area contributed by atoms with E-state index >= 15 is 0 Å². The van der Waals surface area contributed by atoms with E-state index < -0.39 is 11.7 Å². The fourth-order valence-electron chi connectivity index (χ4n) is 3.80. The molecule has 170 valence electrons. The second kappa shape index (κ2) is 10.2. The highest BCUT2D eigenvalue weighted by Crippen LogP contribution is 2.29. The first-order valence-electron chi connectivity index (χ1n) is 10.6. The van der Waals surface area contributed by atoms with Gasteiger partial charge in [0.2, 0.25) is 0 Å². The summed E-state index contributed by atoms with van der Waals surface area (Å²) in [5.74, 6) is 1.61. The molecular formula is C22H30F3N5O. The van der Waals surface area contributed by atoms with Crippen LogP contribution in [0.4, 0.5) is 13.2 Å². The molecule has 0 amide bonds. The lowest BCUT2D eigenvalue weighted by molar-refractivity contribution is -0.137. The number of guanidine groups is 1. The molecule has 6 nitrogen and oxygen atoms in total. The van der Waals surface area contributed by atoms with E-state index in [2.05, 4.69) is 25.7 Å². The summed E-state index contributed by atoms with van der Waals surface area (Å²) in [5.41, 5.74) is 2.28. The molecule has 0 bridgehead atoms. The topological polar surface area (TPSA) is 65.7 Å². The van der Waals surface area contributed by atoms with Crippen molar-refractivity contribution in [3.63, 3.8) is 0 Å². The molecule has 1 aliphatic heterocycles. The van der Waals surface area contributed by atoms with Crippen LogP contribution in [0.2, 0.25) is 0 Å². The van der Waals surface area contributed by atoms with E-state index in [-0.39, 0.29) is 6.04 Å². The third-order valence-corrected chi connectivity index (χ3v) is 5.46.